The number of aromatic amines is 1. The summed E-state index contributed by atoms with van der Waals surface area (Å²) in [6.45, 7) is 2.16. The first-order valence-electron chi connectivity index (χ1n) is 9.84. The number of benzene rings is 2. The Balaban J connectivity index is 1.70. The van der Waals surface area contributed by atoms with Gasteiger partial charge in [0.05, 0.1) is 18.4 Å². The number of nitrogens with one attached hydrogen (secondary N) is 1. The van der Waals surface area contributed by atoms with Crippen molar-refractivity contribution in [3.05, 3.63) is 96.8 Å². The van der Waals surface area contributed by atoms with Gasteiger partial charge < -0.3 is 4.74 Å². The van der Waals surface area contributed by atoms with Crippen molar-refractivity contribution in [3.63, 3.8) is 0 Å². The minimum absolute atomic E-state index is 0.122. The van der Waals surface area contributed by atoms with E-state index in [9.17, 15) is 9.59 Å². The van der Waals surface area contributed by atoms with Crippen molar-refractivity contribution >= 4 is 28.6 Å². The molecule has 0 unspecified atom stereocenters. The highest BCUT2D eigenvalue weighted by atomic mass is 35.5. The van der Waals surface area contributed by atoms with Crippen LogP contribution in [0.3, 0.4) is 0 Å². The summed E-state index contributed by atoms with van der Waals surface area (Å²) in [5.41, 5.74) is 0.458. The van der Waals surface area contributed by atoms with Crippen LogP contribution in [0.25, 0.3) is 0 Å². The molecule has 0 aliphatic heterocycles. The molecule has 4 rings (SSSR count). The van der Waals surface area contributed by atoms with Gasteiger partial charge in [-0.05, 0) is 48.9 Å². The van der Waals surface area contributed by atoms with Crippen LogP contribution in [-0.4, -0.2) is 19.1 Å². The van der Waals surface area contributed by atoms with Crippen LogP contribution in [0.4, 0.5) is 5.69 Å². The second-order valence-corrected chi connectivity index (χ2v) is 8.23. The highest BCUT2D eigenvalue weighted by Gasteiger charge is 2.09. The normalized spacial score (nSPS) is 11.4. The third-order valence-corrected chi connectivity index (χ3v) is 5.66. The van der Waals surface area contributed by atoms with Crippen molar-refractivity contribution in [2.45, 2.75) is 20.0 Å². The standard InChI is InChI=1S/C22H17ClN6O3S/c1-2-28-20(30)27-19(29(22(28)31)13-14-3-5-15(23)6-4-14)26-16-7-9-17(10-8-16)32-21-25-12-18(11-24)33-21/h3-10,12H,2,13H2,1H3,(H,26,27,30). The fourth-order valence-corrected chi connectivity index (χ4v) is 3.71. The zero-order chi connectivity index (χ0) is 23.4. The molecule has 2 aromatic carbocycles. The quantitative estimate of drug-likeness (QED) is 0.453. The van der Waals surface area contributed by atoms with Gasteiger partial charge in [-0.2, -0.15) is 5.26 Å². The summed E-state index contributed by atoms with van der Waals surface area (Å²) in [6, 6.07) is 15.8. The lowest BCUT2D eigenvalue weighted by Crippen LogP contribution is -2.49. The Labute approximate surface area is 196 Å². The summed E-state index contributed by atoms with van der Waals surface area (Å²) in [6.07, 6.45) is 1.44. The Morgan fingerprint density at radius 1 is 1.15 bits per heavy atom. The van der Waals surface area contributed by atoms with Crippen molar-refractivity contribution in [2.75, 3.05) is 0 Å². The molecular formula is C22H17ClN6O3S. The summed E-state index contributed by atoms with van der Waals surface area (Å²) in [7, 11) is 0. The van der Waals surface area contributed by atoms with Gasteiger partial charge >= 0.3 is 11.4 Å². The summed E-state index contributed by atoms with van der Waals surface area (Å²) in [4.78, 5) is 37.0. The minimum Gasteiger partial charge on any atom is -0.431 e. The molecule has 0 radical (unpaired) electrons. The molecule has 0 atom stereocenters. The fourth-order valence-electron chi connectivity index (χ4n) is 3.00. The Hall–Kier alpha value is -3.94. The predicted molar refractivity (Wildman–Crippen MR) is 124 cm³/mol. The van der Waals surface area contributed by atoms with Crippen LogP contribution < -0.4 is 21.7 Å². The zero-order valence-electron chi connectivity index (χ0n) is 17.4. The maximum Gasteiger partial charge on any atom is 0.335 e. The summed E-state index contributed by atoms with van der Waals surface area (Å²) in [5.74, 6) is 0.511. The molecule has 0 saturated heterocycles. The number of hydrogen-bond acceptors (Lipinski definition) is 7. The lowest BCUT2D eigenvalue weighted by Gasteiger charge is -2.10. The van der Waals surface area contributed by atoms with Crippen LogP contribution in [0.15, 0.2) is 69.3 Å². The van der Waals surface area contributed by atoms with Crippen molar-refractivity contribution in [3.8, 4) is 17.0 Å². The molecule has 0 aliphatic rings. The highest BCUT2D eigenvalue weighted by molar-refractivity contribution is 7.13. The van der Waals surface area contributed by atoms with Crippen molar-refractivity contribution in [1.29, 1.82) is 5.26 Å². The van der Waals surface area contributed by atoms with Gasteiger partial charge in [0, 0.05) is 11.6 Å². The van der Waals surface area contributed by atoms with Gasteiger partial charge in [-0.3, -0.25) is 9.55 Å². The van der Waals surface area contributed by atoms with E-state index in [1.165, 1.54) is 10.8 Å². The molecular weight excluding hydrogens is 464 g/mol. The Kier molecular flexibility index (Phi) is 6.53. The second-order valence-electron chi connectivity index (χ2n) is 6.80. The number of aromatic nitrogens is 4. The summed E-state index contributed by atoms with van der Waals surface area (Å²) < 4.78 is 8.14. The molecule has 33 heavy (non-hydrogen) atoms. The summed E-state index contributed by atoms with van der Waals surface area (Å²) >= 11 is 7.10. The summed E-state index contributed by atoms with van der Waals surface area (Å²) in [5, 5.41) is 9.83. The Morgan fingerprint density at radius 2 is 1.88 bits per heavy atom. The molecule has 2 aromatic heterocycles. The molecule has 0 amide bonds. The Morgan fingerprint density at radius 3 is 2.52 bits per heavy atom. The number of rotatable bonds is 6. The van der Waals surface area contributed by atoms with E-state index in [1.807, 2.05) is 18.2 Å². The third kappa shape index (κ3) is 5.11. The predicted octanol–water partition coefficient (Wildman–Crippen LogP) is 3.41. The monoisotopic (exact) mass is 480 g/mol. The SMILES string of the molecule is CCn1c(=O)[nH]/c(=N\c2ccc(Oc3ncc(C#N)s3)cc2)n(Cc2ccc(Cl)cc2)c1=O. The number of halogens is 1. The van der Waals surface area contributed by atoms with Crippen molar-refractivity contribution in [1.82, 2.24) is 19.1 Å². The topological polar surface area (TPSA) is 118 Å². The molecule has 0 bridgehead atoms. The molecule has 0 spiro atoms. The molecule has 0 fully saturated rings. The van der Waals surface area contributed by atoms with Gasteiger partial charge in [0.25, 0.3) is 5.19 Å². The van der Waals surface area contributed by atoms with E-state index in [4.69, 9.17) is 21.6 Å². The number of thiazole rings is 1. The number of nitrogens with zero attached hydrogens (tertiary/aromatic N) is 5. The number of H-pyrrole nitrogens is 1. The largest absolute Gasteiger partial charge is 0.431 e. The fraction of sp³-hybridized carbons (Fsp3) is 0.136. The Bertz CT molecular complexity index is 1510. The molecule has 0 saturated carbocycles. The molecule has 11 heteroatoms. The van der Waals surface area contributed by atoms with E-state index >= 15 is 0 Å². The maximum atomic E-state index is 13.0. The molecule has 0 aliphatic carbocycles. The molecule has 1 N–H and O–H groups in total. The van der Waals surface area contributed by atoms with Crippen LogP contribution >= 0.6 is 22.9 Å². The average Bonchev–Trinajstić information content (AvgIpc) is 3.27. The molecule has 9 nitrogen and oxygen atoms in total. The number of hydrogen-bond donors (Lipinski definition) is 1. The first-order chi connectivity index (χ1) is 16.0. The lowest BCUT2D eigenvalue weighted by atomic mass is 10.2. The lowest BCUT2D eigenvalue weighted by molar-refractivity contribution is 0.479. The van der Waals surface area contributed by atoms with Gasteiger partial charge in [-0.15, -0.1) is 0 Å². The van der Waals surface area contributed by atoms with Gasteiger partial charge in [-0.1, -0.05) is 35.1 Å². The molecule has 2 heterocycles. The average molecular weight is 481 g/mol. The van der Waals surface area contributed by atoms with Crippen LogP contribution in [0.1, 0.15) is 17.4 Å². The zero-order valence-corrected chi connectivity index (χ0v) is 18.9. The molecule has 166 valence electrons. The highest BCUT2D eigenvalue weighted by Crippen LogP contribution is 2.27. The molecule has 4 aromatic rings. The van der Waals surface area contributed by atoms with E-state index in [1.54, 1.807) is 43.3 Å². The van der Waals surface area contributed by atoms with E-state index < -0.39 is 11.4 Å². The van der Waals surface area contributed by atoms with E-state index in [2.05, 4.69) is 15.0 Å². The second kappa shape index (κ2) is 9.68. The minimum atomic E-state index is -0.536. The van der Waals surface area contributed by atoms with Crippen molar-refractivity contribution in [2.24, 2.45) is 4.99 Å². The number of ether oxygens (including phenoxy) is 1. The van der Waals surface area contributed by atoms with Gasteiger partial charge in [0.2, 0.25) is 5.62 Å². The van der Waals surface area contributed by atoms with Gasteiger partial charge in [0.15, 0.2) is 0 Å². The maximum absolute atomic E-state index is 13.0. The smallest absolute Gasteiger partial charge is 0.335 e. The van der Waals surface area contributed by atoms with Crippen LogP contribution in [0, 0.1) is 11.3 Å². The van der Waals surface area contributed by atoms with Crippen LogP contribution in [0.5, 0.6) is 10.9 Å². The van der Waals surface area contributed by atoms with Gasteiger partial charge in [-0.25, -0.2) is 24.1 Å². The third-order valence-electron chi connectivity index (χ3n) is 4.62. The van der Waals surface area contributed by atoms with E-state index in [0.29, 0.717) is 26.5 Å². The van der Waals surface area contributed by atoms with Crippen molar-refractivity contribution < 1.29 is 4.74 Å². The first kappa shape index (κ1) is 22.3. The first-order valence-corrected chi connectivity index (χ1v) is 11.0. The van der Waals surface area contributed by atoms with Crippen LogP contribution in [-0.2, 0) is 13.1 Å². The number of nitriles is 1. The van der Waals surface area contributed by atoms with E-state index in [-0.39, 0.29) is 18.7 Å². The van der Waals surface area contributed by atoms with Gasteiger partial charge in [0.1, 0.15) is 16.7 Å². The van der Waals surface area contributed by atoms with E-state index in [0.717, 1.165) is 21.5 Å². The van der Waals surface area contributed by atoms with Crippen LogP contribution in [0.2, 0.25) is 5.02 Å².